The zero-order valence-corrected chi connectivity index (χ0v) is 15.7. The molecule has 2 heterocycles. The Bertz CT molecular complexity index is 763. The minimum Gasteiger partial charge on any atom is -0.493 e. The highest BCUT2D eigenvalue weighted by molar-refractivity contribution is 5.99. The SMILES string of the molecule is CCCCNC(=O)[C@@H]1CCC(=O)N1[C@H]1OC(=O)c2c1ccc(OC)c2OC. The van der Waals surface area contributed by atoms with Crippen molar-refractivity contribution in [3.8, 4) is 11.5 Å². The second kappa shape index (κ2) is 7.85. The van der Waals surface area contributed by atoms with Crippen molar-refractivity contribution in [3.63, 3.8) is 0 Å². The standard InChI is InChI=1S/C19H24N2O6/c1-4-5-10-20-17(23)12-7-9-14(22)21(12)18-11-6-8-13(25-2)16(26-3)15(11)19(24)27-18/h6,8,12,18H,4-5,7,9-10H2,1-3H3,(H,20,23)/t12-,18-/m0/s1. The molecule has 3 rings (SSSR count). The van der Waals surface area contributed by atoms with Crippen molar-refractivity contribution < 1.29 is 28.6 Å². The zero-order chi connectivity index (χ0) is 19.6. The van der Waals surface area contributed by atoms with Gasteiger partial charge in [-0.2, -0.15) is 0 Å². The van der Waals surface area contributed by atoms with Crippen LogP contribution in [0.3, 0.4) is 0 Å². The summed E-state index contributed by atoms with van der Waals surface area (Å²) in [5, 5.41) is 2.86. The van der Waals surface area contributed by atoms with E-state index in [0.717, 1.165) is 12.8 Å². The van der Waals surface area contributed by atoms with Crippen LogP contribution in [-0.2, 0) is 14.3 Å². The summed E-state index contributed by atoms with van der Waals surface area (Å²) in [6.45, 7) is 2.59. The fraction of sp³-hybridized carbons (Fsp3) is 0.526. The van der Waals surface area contributed by atoms with Gasteiger partial charge in [0.2, 0.25) is 18.0 Å². The predicted octanol–water partition coefficient (Wildman–Crippen LogP) is 1.78. The van der Waals surface area contributed by atoms with E-state index in [4.69, 9.17) is 14.2 Å². The van der Waals surface area contributed by atoms with E-state index in [-0.39, 0.29) is 29.5 Å². The summed E-state index contributed by atoms with van der Waals surface area (Å²) in [5.41, 5.74) is 0.728. The van der Waals surface area contributed by atoms with Crippen molar-refractivity contribution in [2.24, 2.45) is 0 Å². The van der Waals surface area contributed by atoms with Gasteiger partial charge in [-0.15, -0.1) is 0 Å². The number of methoxy groups -OCH3 is 2. The average molecular weight is 376 g/mol. The number of hydrogen-bond donors (Lipinski definition) is 1. The molecule has 2 atom stereocenters. The van der Waals surface area contributed by atoms with Gasteiger partial charge in [0.15, 0.2) is 11.5 Å². The lowest BCUT2D eigenvalue weighted by Gasteiger charge is -2.29. The lowest BCUT2D eigenvalue weighted by Crippen LogP contribution is -2.46. The van der Waals surface area contributed by atoms with E-state index in [2.05, 4.69) is 5.32 Å². The first kappa shape index (κ1) is 19.0. The molecule has 1 saturated heterocycles. The highest BCUT2D eigenvalue weighted by atomic mass is 16.6. The minimum atomic E-state index is -0.941. The molecule has 0 bridgehead atoms. The van der Waals surface area contributed by atoms with Crippen LogP contribution in [0.15, 0.2) is 12.1 Å². The van der Waals surface area contributed by atoms with Crippen molar-refractivity contribution in [1.29, 1.82) is 0 Å². The number of unbranched alkanes of at least 4 members (excludes halogenated alkanes) is 1. The summed E-state index contributed by atoms with van der Waals surface area (Å²) in [4.78, 5) is 38.9. The highest BCUT2D eigenvalue weighted by Crippen LogP contribution is 2.45. The van der Waals surface area contributed by atoms with Crippen LogP contribution in [-0.4, -0.2) is 49.5 Å². The second-order valence-corrected chi connectivity index (χ2v) is 6.52. The van der Waals surface area contributed by atoms with Crippen molar-refractivity contribution >= 4 is 17.8 Å². The Morgan fingerprint density at radius 3 is 2.74 bits per heavy atom. The lowest BCUT2D eigenvalue weighted by molar-refractivity contribution is -0.145. The number of cyclic esters (lactones) is 1. The molecule has 0 aliphatic carbocycles. The van der Waals surface area contributed by atoms with Gasteiger partial charge in [-0.1, -0.05) is 13.3 Å². The van der Waals surface area contributed by atoms with Crippen LogP contribution in [0.1, 0.15) is 54.8 Å². The minimum absolute atomic E-state index is 0.217. The van der Waals surface area contributed by atoms with Gasteiger partial charge in [0, 0.05) is 18.5 Å². The molecule has 146 valence electrons. The van der Waals surface area contributed by atoms with E-state index >= 15 is 0 Å². The van der Waals surface area contributed by atoms with Crippen molar-refractivity contribution in [2.45, 2.75) is 44.9 Å². The van der Waals surface area contributed by atoms with Gasteiger partial charge in [0.05, 0.1) is 14.2 Å². The number of ether oxygens (including phenoxy) is 3. The maximum absolute atomic E-state index is 12.6. The number of likely N-dealkylation sites (tertiary alicyclic amines) is 1. The molecular formula is C19H24N2O6. The van der Waals surface area contributed by atoms with E-state index in [1.165, 1.54) is 19.1 Å². The molecule has 0 unspecified atom stereocenters. The molecule has 27 heavy (non-hydrogen) atoms. The Morgan fingerprint density at radius 2 is 2.07 bits per heavy atom. The number of esters is 1. The molecular weight excluding hydrogens is 352 g/mol. The number of amides is 2. The first-order valence-corrected chi connectivity index (χ1v) is 9.08. The maximum atomic E-state index is 12.6. The molecule has 8 nitrogen and oxygen atoms in total. The Balaban J connectivity index is 1.91. The molecule has 2 aliphatic rings. The van der Waals surface area contributed by atoms with E-state index in [0.29, 0.717) is 24.3 Å². The largest absolute Gasteiger partial charge is 0.493 e. The van der Waals surface area contributed by atoms with Crippen molar-refractivity contribution in [3.05, 3.63) is 23.3 Å². The summed E-state index contributed by atoms with van der Waals surface area (Å²) >= 11 is 0. The van der Waals surface area contributed by atoms with Crippen LogP contribution in [0.4, 0.5) is 0 Å². The van der Waals surface area contributed by atoms with Crippen LogP contribution < -0.4 is 14.8 Å². The Hall–Kier alpha value is -2.77. The predicted molar refractivity (Wildman–Crippen MR) is 95.5 cm³/mol. The summed E-state index contributed by atoms with van der Waals surface area (Å²) in [7, 11) is 2.91. The smallest absolute Gasteiger partial charge is 0.344 e. The van der Waals surface area contributed by atoms with Crippen LogP contribution in [0, 0.1) is 0 Å². The van der Waals surface area contributed by atoms with E-state index < -0.39 is 18.2 Å². The fourth-order valence-corrected chi connectivity index (χ4v) is 3.55. The van der Waals surface area contributed by atoms with E-state index in [1.807, 2.05) is 6.92 Å². The molecule has 0 saturated carbocycles. The number of fused-ring (bicyclic) bond motifs is 1. The molecule has 1 aromatic carbocycles. The third-order valence-corrected chi connectivity index (χ3v) is 4.91. The van der Waals surface area contributed by atoms with Gasteiger partial charge < -0.3 is 19.5 Å². The molecule has 1 aromatic rings. The molecule has 2 aliphatic heterocycles. The molecule has 2 amide bonds. The number of nitrogens with one attached hydrogen (secondary N) is 1. The Kier molecular flexibility index (Phi) is 5.53. The molecule has 1 N–H and O–H groups in total. The second-order valence-electron chi connectivity index (χ2n) is 6.52. The lowest BCUT2D eigenvalue weighted by atomic mass is 10.1. The van der Waals surface area contributed by atoms with Crippen LogP contribution in [0.25, 0.3) is 0 Å². The van der Waals surface area contributed by atoms with Crippen molar-refractivity contribution in [2.75, 3.05) is 20.8 Å². The fourth-order valence-electron chi connectivity index (χ4n) is 3.55. The van der Waals surface area contributed by atoms with Crippen LogP contribution in [0.5, 0.6) is 11.5 Å². The zero-order valence-electron chi connectivity index (χ0n) is 15.7. The molecule has 1 fully saturated rings. The number of rotatable bonds is 7. The van der Waals surface area contributed by atoms with Gasteiger partial charge in [0.25, 0.3) is 0 Å². The van der Waals surface area contributed by atoms with Crippen molar-refractivity contribution in [1.82, 2.24) is 10.2 Å². The van der Waals surface area contributed by atoms with Gasteiger partial charge >= 0.3 is 5.97 Å². The van der Waals surface area contributed by atoms with Gasteiger partial charge in [-0.3, -0.25) is 14.5 Å². The molecule has 0 radical (unpaired) electrons. The summed E-state index contributed by atoms with van der Waals surface area (Å²) < 4.78 is 16.0. The first-order valence-electron chi connectivity index (χ1n) is 9.08. The van der Waals surface area contributed by atoms with Crippen LogP contribution >= 0.6 is 0 Å². The van der Waals surface area contributed by atoms with Gasteiger partial charge in [-0.25, -0.2) is 4.79 Å². The van der Waals surface area contributed by atoms with Gasteiger partial charge in [0.1, 0.15) is 11.6 Å². The quantitative estimate of drug-likeness (QED) is 0.576. The number of carbonyl (C=O) groups excluding carboxylic acids is 3. The molecule has 0 aromatic heterocycles. The highest BCUT2D eigenvalue weighted by Gasteiger charge is 2.47. The van der Waals surface area contributed by atoms with Crippen LogP contribution in [0.2, 0.25) is 0 Å². The summed E-state index contributed by atoms with van der Waals surface area (Å²) in [5.74, 6) is -0.380. The molecule has 0 spiro atoms. The van der Waals surface area contributed by atoms with E-state index in [1.54, 1.807) is 12.1 Å². The van der Waals surface area contributed by atoms with Gasteiger partial charge in [-0.05, 0) is 25.0 Å². The number of carbonyl (C=O) groups is 3. The maximum Gasteiger partial charge on any atom is 0.344 e. The Morgan fingerprint density at radius 1 is 1.30 bits per heavy atom. The number of hydrogen-bond acceptors (Lipinski definition) is 6. The normalized spacial score (nSPS) is 21.1. The van der Waals surface area contributed by atoms with E-state index in [9.17, 15) is 14.4 Å². The topological polar surface area (TPSA) is 94.2 Å². The number of benzene rings is 1. The number of nitrogens with zero attached hydrogens (tertiary/aromatic N) is 1. The third kappa shape index (κ3) is 3.31. The average Bonchev–Trinajstić information content (AvgIpc) is 3.21. The molecule has 8 heteroatoms. The third-order valence-electron chi connectivity index (χ3n) is 4.91. The summed E-state index contributed by atoms with van der Waals surface area (Å²) in [6, 6.07) is 2.67. The first-order chi connectivity index (χ1) is 13.0. The summed E-state index contributed by atoms with van der Waals surface area (Å²) in [6.07, 6.45) is 1.52. The monoisotopic (exact) mass is 376 g/mol. The Labute approximate surface area is 157 Å².